The molecule has 0 heterocycles. The second-order valence-electron chi connectivity index (χ2n) is 19.8. The Balaban J connectivity index is 4.30. The van der Waals surface area contributed by atoms with E-state index in [9.17, 15) is 9.59 Å². The lowest BCUT2D eigenvalue weighted by Crippen LogP contribution is -2.30. The molecule has 0 aromatic carbocycles. The van der Waals surface area contributed by atoms with Gasteiger partial charge in [-0.15, -0.1) is 0 Å². The number of ether oxygens (including phenoxy) is 3. The molecule has 0 rings (SSSR count). The van der Waals surface area contributed by atoms with Crippen LogP contribution in [0.2, 0.25) is 0 Å². The molecule has 0 bridgehead atoms. The largest absolute Gasteiger partial charge is 0.462 e. The van der Waals surface area contributed by atoms with E-state index < -0.39 is 6.10 Å². The predicted molar refractivity (Wildman–Crippen MR) is 307 cm³/mol. The highest BCUT2D eigenvalue weighted by molar-refractivity contribution is 5.70. The van der Waals surface area contributed by atoms with E-state index in [2.05, 4.69) is 106 Å². The molecule has 0 aromatic heterocycles. The van der Waals surface area contributed by atoms with Gasteiger partial charge in [-0.2, -0.15) is 0 Å². The van der Waals surface area contributed by atoms with Crippen LogP contribution in [0.15, 0.2) is 85.1 Å². The Morgan fingerprint density at radius 1 is 0.329 bits per heavy atom. The molecule has 0 fully saturated rings. The monoisotopic (exact) mass is 975 g/mol. The molecule has 70 heavy (non-hydrogen) atoms. The van der Waals surface area contributed by atoms with Crippen LogP contribution in [-0.4, -0.2) is 37.9 Å². The fourth-order valence-corrected chi connectivity index (χ4v) is 8.52. The number of unbranched alkanes of at least 4 members (excludes halogenated alkanes) is 30. The third-order valence-corrected chi connectivity index (χ3v) is 12.9. The van der Waals surface area contributed by atoms with Gasteiger partial charge < -0.3 is 14.2 Å². The van der Waals surface area contributed by atoms with E-state index in [1.165, 1.54) is 141 Å². The smallest absolute Gasteiger partial charge is 0.306 e. The summed E-state index contributed by atoms with van der Waals surface area (Å²) >= 11 is 0. The van der Waals surface area contributed by atoms with Crippen LogP contribution < -0.4 is 0 Å². The standard InChI is InChI=1S/C65H114O5/c1-4-7-10-13-16-19-22-25-28-31-32-33-36-39-42-45-48-51-54-57-60-68-61-63(70-65(67)59-56-53-50-47-44-41-38-35-30-27-24-21-18-15-12-9-6-3)62-69-64(66)58-55-52-49-46-43-40-37-34-29-26-23-20-17-14-11-8-5-2/h8-9,11-12,17-18,20-21,26-27,29-30,37,40,63H,4-7,10,13-16,19,22-25,28,31-36,38-39,41-62H2,1-3H3/b11-8-,12-9-,20-17-,21-18-,29-26-,30-27-,40-37-. The fourth-order valence-electron chi connectivity index (χ4n) is 8.52. The van der Waals surface area contributed by atoms with Gasteiger partial charge in [-0.3, -0.25) is 9.59 Å². The molecule has 0 spiro atoms. The average molecular weight is 976 g/mol. The number of rotatable bonds is 55. The van der Waals surface area contributed by atoms with Crippen molar-refractivity contribution in [2.45, 2.75) is 297 Å². The fraction of sp³-hybridized carbons (Fsp3) is 0.754. The number of hydrogen-bond acceptors (Lipinski definition) is 5. The first kappa shape index (κ1) is 67.1. The lowest BCUT2D eigenvalue weighted by molar-refractivity contribution is -0.163. The summed E-state index contributed by atoms with van der Waals surface area (Å²) in [5, 5.41) is 0. The number of hydrogen-bond donors (Lipinski definition) is 0. The van der Waals surface area contributed by atoms with Crippen molar-refractivity contribution in [3.8, 4) is 0 Å². The zero-order valence-electron chi connectivity index (χ0n) is 46.5. The lowest BCUT2D eigenvalue weighted by atomic mass is 10.0. The van der Waals surface area contributed by atoms with Crippen molar-refractivity contribution in [3.05, 3.63) is 85.1 Å². The molecule has 0 saturated carbocycles. The van der Waals surface area contributed by atoms with Crippen molar-refractivity contribution in [3.63, 3.8) is 0 Å². The number of carbonyl (C=O) groups is 2. The van der Waals surface area contributed by atoms with Crippen LogP contribution in [0.4, 0.5) is 0 Å². The number of allylic oxidation sites excluding steroid dienone is 14. The van der Waals surface area contributed by atoms with Crippen LogP contribution in [0.5, 0.6) is 0 Å². The van der Waals surface area contributed by atoms with Crippen molar-refractivity contribution in [1.82, 2.24) is 0 Å². The highest BCUT2D eigenvalue weighted by Crippen LogP contribution is 2.16. The molecule has 0 N–H and O–H groups in total. The van der Waals surface area contributed by atoms with Crippen molar-refractivity contribution in [1.29, 1.82) is 0 Å². The summed E-state index contributed by atoms with van der Waals surface area (Å²) in [6, 6.07) is 0. The van der Waals surface area contributed by atoms with Crippen LogP contribution in [0, 0.1) is 0 Å². The summed E-state index contributed by atoms with van der Waals surface area (Å²) in [5.74, 6) is -0.427. The summed E-state index contributed by atoms with van der Waals surface area (Å²) < 4.78 is 17.5. The van der Waals surface area contributed by atoms with Gasteiger partial charge in [-0.25, -0.2) is 0 Å². The molecule has 5 nitrogen and oxygen atoms in total. The first-order chi connectivity index (χ1) is 34.6. The van der Waals surface area contributed by atoms with Crippen molar-refractivity contribution < 1.29 is 23.8 Å². The Morgan fingerprint density at radius 3 is 1.03 bits per heavy atom. The molecule has 0 aromatic rings. The van der Waals surface area contributed by atoms with Crippen LogP contribution in [-0.2, 0) is 23.8 Å². The van der Waals surface area contributed by atoms with Gasteiger partial charge in [0.15, 0.2) is 6.10 Å². The average Bonchev–Trinajstić information content (AvgIpc) is 3.36. The summed E-state index contributed by atoms with van der Waals surface area (Å²) in [6.07, 6.45) is 80.4. The van der Waals surface area contributed by atoms with E-state index in [1.807, 2.05) is 0 Å². The first-order valence-corrected chi connectivity index (χ1v) is 30.1. The van der Waals surface area contributed by atoms with Crippen molar-refractivity contribution in [2.75, 3.05) is 19.8 Å². The summed E-state index contributed by atoms with van der Waals surface area (Å²) in [4.78, 5) is 25.6. The Morgan fingerprint density at radius 2 is 0.643 bits per heavy atom. The Hall–Kier alpha value is -2.92. The maximum atomic E-state index is 12.9. The van der Waals surface area contributed by atoms with E-state index in [-0.39, 0.29) is 25.2 Å². The van der Waals surface area contributed by atoms with Crippen LogP contribution in [0.3, 0.4) is 0 Å². The maximum absolute atomic E-state index is 12.9. The molecule has 404 valence electrons. The van der Waals surface area contributed by atoms with Gasteiger partial charge in [0.2, 0.25) is 0 Å². The maximum Gasteiger partial charge on any atom is 0.306 e. The van der Waals surface area contributed by atoms with E-state index >= 15 is 0 Å². The van der Waals surface area contributed by atoms with Crippen molar-refractivity contribution in [2.24, 2.45) is 0 Å². The Bertz CT molecular complexity index is 1290. The minimum atomic E-state index is -0.555. The molecule has 0 radical (unpaired) electrons. The normalized spacial score (nSPS) is 12.8. The van der Waals surface area contributed by atoms with E-state index in [1.54, 1.807) is 0 Å². The topological polar surface area (TPSA) is 61.8 Å². The highest BCUT2D eigenvalue weighted by atomic mass is 16.6. The Labute approximate surface area is 435 Å². The van der Waals surface area contributed by atoms with Gasteiger partial charge >= 0.3 is 11.9 Å². The van der Waals surface area contributed by atoms with Crippen molar-refractivity contribution >= 4 is 11.9 Å². The predicted octanol–water partition coefficient (Wildman–Crippen LogP) is 20.8. The molecule has 0 amide bonds. The first-order valence-electron chi connectivity index (χ1n) is 30.1. The molecule has 1 atom stereocenters. The quantitative estimate of drug-likeness (QED) is 0.0345. The minimum absolute atomic E-state index is 0.0677. The second kappa shape index (κ2) is 60.4. The van der Waals surface area contributed by atoms with E-state index in [0.29, 0.717) is 19.4 Å². The van der Waals surface area contributed by atoms with Gasteiger partial charge in [0, 0.05) is 19.4 Å². The lowest BCUT2D eigenvalue weighted by Gasteiger charge is -2.18. The molecule has 0 aliphatic carbocycles. The number of carbonyl (C=O) groups excluding carboxylic acids is 2. The van der Waals surface area contributed by atoms with Gasteiger partial charge in [0.1, 0.15) is 6.61 Å². The molecular formula is C65H114O5. The molecule has 0 aliphatic heterocycles. The molecule has 0 saturated heterocycles. The minimum Gasteiger partial charge on any atom is -0.462 e. The van der Waals surface area contributed by atoms with Gasteiger partial charge in [0.25, 0.3) is 0 Å². The van der Waals surface area contributed by atoms with E-state index in [4.69, 9.17) is 14.2 Å². The van der Waals surface area contributed by atoms with Gasteiger partial charge in [0.05, 0.1) is 6.61 Å². The summed E-state index contributed by atoms with van der Waals surface area (Å²) in [5.41, 5.74) is 0. The summed E-state index contributed by atoms with van der Waals surface area (Å²) in [6.45, 7) is 7.61. The highest BCUT2D eigenvalue weighted by Gasteiger charge is 2.17. The SMILES string of the molecule is CC/C=C\C/C=C\C/C=C\C/C=C\CCCCCCC(=O)OCC(COCCCCCCCCCCCCCCCCCCCCCC)OC(=O)CCCCCCCCC/C=C\C/C=C\C/C=C\CC. The van der Waals surface area contributed by atoms with Gasteiger partial charge in [-0.05, 0) is 89.9 Å². The zero-order valence-corrected chi connectivity index (χ0v) is 46.5. The summed E-state index contributed by atoms with van der Waals surface area (Å²) in [7, 11) is 0. The van der Waals surface area contributed by atoms with Crippen LogP contribution in [0.1, 0.15) is 290 Å². The third-order valence-electron chi connectivity index (χ3n) is 12.9. The van der Waals surface area contributed by atoms with Gasteiger partial charge in [-0.1, -0.05) is 273 Å². The Kier molecular flexibility index (Phi) is 57.9. The molecule has 1 unspecified atom stereocenters. The zero-order chi connectivity index (χ0) is 50.6. The van der Waals surface area contributed by atoms with E-state index in [0.717, 1.165) is 116 Å². The molecular weight excluding hydrogens is 861 g/mol. The van der Waals surface area contributed by atoms with Crippen LogP contribution in [0.25, 0.3) is 0 Å². The van der Waals surface area contributed by atoms with Crippen LogP contribution >= 0.6 is 0 Å². The number of esters is 2. The molecule has 0 aliphatic rings. The third kappa shape index (κ3) is 57.7. The molecule has 5 heteroatoms. The second-order valence-corrected chi connectivity index (χ2v) is 19.8.